The lowest BCUT2D eigenvalue weighted by Gasteiger charge is -2.30. The first-order valence-corrected chi connectivity index (χ1v) is 6.53. The van der Waals surface area contributed by atoms with Crippen molar-refractivity contribution in [1.29, 1.82) is 0 Å². The molecule has 1 atom stereocenters. The Morgan fingerprint density at radius 3 is 2.62 bits per heavy atom. The number of likely N-dealkylation sites (tertiary alicyclic amines) is 1. The van der Waals surface area contributed by atoms with Gasteiger partial charge in [-0.05, 0) is 58.4 Å². The van der Waals surface area contributed by atoms with Crippen molar-refractivity contribution < 1.29 is 0 Å². The minimum atomic E-state index is 0.297. The van der Waals surface area contributed by atoms with E-state index in [1.54, 1.807) is 0 Å². The molecule has 0 amide bonds. The lowest BCUT2D eigenvalue weighted by atomic mass is 9.89. The molecule has 0 aliphatic carbocycles. The van der Waals surface area contributed by atoms with Crippen LogP contribution in [0.2, 0.25) is 0 Å². The highest BCUT2D eigenvalue weighted by atomic mass is 15.2. The van der Waals surface area contributed by atoms with Crippen LogP contribution in [0, 0.1) is 5.41 Å². The van der Waals surface area contributed by atoms with Crippen LogP contribution < -0.4 is 5.73 Å². The predicted octanol–water partition coefficient (Wildman–Crippen LogP) is 1.39. The molecule has 1 fully saturated rings. The number of nitrogens with zero attached hydrogens (tertiary/aromatic N) is 2. The Bertz CT molecular complexity index is 201. The largest absolute Gasteiger partial charge is 0.330 e. The molecule has 0 radical (unpaired) electrons. The molecule has 0 spiro atoms. The van der Waals surface area contributed by atoms with E-state index in [0.717, 1.165) is 12.6 Å². The van der Waals surface area contributed by atoms with Crippen LogP contribution >= 0.6 is 0 Å². The van der Waals surface area contributed by atoms with E-state index in [2.05, 4.69) is 37.7 Å². The molecule has 0 aromatic rings. The fourth-order valence-corrected chi connectivity index (χ4v) is 2.37. The summed E-state index contributed by atoms with van der Waals surface area (Å²) in [5, 5.41) is 0. The molecule has 1 saturated heterocycles. The SMILES string of the molecule is CN(C)CC1CCCN1CCC(C)(C)CN. The summed E-state index contributed by atoms with van der Waals surface area (Å²) in [6.07, 6.45) is 3.94. The molecular formula is C13H29N3. The van der Waals surface area contributed by atoms with Gasteiger partial charge in [-0.3, -0.25) is 4.90 Å². The predicted molar refractivity (Wildman–Crippen MR) is 70.6 cm³/mol. The van der Waals surface area contributed by atoms with E-state index >= 15 is 0 Å². The highest BCUT2D eigenvalue weighted by molar-refractivity contribution is 4.82. The normalized spacial score (nSPS) is 23.2. The smallest absolute Gasteiger partial charge is 0.0223 e. The molecule has 1 unspecified atom stereocenters. The maximum atomic E-state index is 5.78. The van der Waals surface area contributed by atoms with Crippen LogP contribution in [0.3, 0.4) is 0 Å². The van der Waals surface area contributed by atoms with Crippen molar-refractivity contribution in [2.45, 2.75) is 39.2 Å². The summed E-state index contributed by atoms with van der Waals surface area (Å²) in [7, 11) is 4.33. The fourth-order valence-electron chi connectivity index (χ4n) is 2.37. The summed E-state index contributed by atoms with van der Waals surface area (Å²) in [6, 6.07) is 0.767. The molecule has 96 valence electrons. The average molecular weight is 227 g/mol. The van der Waals surface area contributed by atoms with Crippen LogP contribution in [-0.4, -0.2) is 56.1 Å². The Kier molecular flexibility index (Phi) is 5.22. The van der Waals surface area contributed by atoms with Crippen molar-refractivity contribution in [3.8, 4) is 0 Å². The summed E-state index contributed by atoms with van der Waals surface area (Å²) in [4.78, 5) is 4.95. The molecule has 1 aliphatic rings. The van der Waals surface area contributed by atoms with Crippen LogP contribution in [0.4, 0.5) is 0 Å². The van der Waals surface area contributed by atoms with E-state index in [1.165, 1.54) is 38.9 Å². The van der Waals surface area contributed by atoms with E-state index in [-0.39, 0.29) is 0 Å². The first-order chi connectivity index (χ1) is 7.44. The van der Waals surface area contributed by atoms with Crippen LogP contribution in [0.5, 0.6) is 0 Å². The molecule has 3 nitrogen and oxygen atoms in total. The third kappa shape index (κ3) is 4.40. The number of nitrogens with two attached hydrogens (primary N) is 1. The van der Waals surface area contributed by atoms with E-state index in [1.807, 2.05) is 0 Å². The summed E-state index contributed by atoms with van der Waals surface area (Å²) in [6.45, 7) is 9.01. The first kappa shape index (κ1) is 13.9. The van der Waals surface area contributed by atoms with Gasteiger partial charge in [0.1, 0.15) is 0 Å². The Morgan fingerprint density at radius 1 is 1.38 bits per heavy atom. The van der Waals surface area contributed by atoms with Gasteiger partial charge in [-0.15, -0.1) is 0 Å². The number of hydrogen-bond acceptors (Lipinski definition) is 3. The number of hydrogen-bond donors (Lipinski definition) is 1. The lowest BCUT2D eigenvalue weighted by Crippen LogP contribution is -2.39. The molecule has 16 heavy (non-hydrogen) atoms. The highest BCUT2D eigenvalue weighted by Crippen LogP contribution is 2.23. The van der Waals surface area contributed by atoms with E-state index in [9.17, 15) is 0 Å². The van der Waals surface area contributed by atoms with Crippen molar-refractivity contribution in [1.82, 2.24) is 9.80 Å². The van der Waals surface area contributed by atoms with Gasteiger partial charge in [0, 0.05) is 12.6 Å². The summed E-state index contributed by atoms with van der Waals surface area (Å²) >= 11 is 0. The van der Waals surface area contributed by atoms with Crippen molar-refractivity contribution >= 4 is 0 Å². The van der Waals surface area contributed by atoms with Gasteiger partial charge in [-0.1, -0.05) is 13.8 Å². The van der Waals surface area contributed by atoms with Gasteiger partial charge in [0.25, 0.3) is 0 Å². The monoisotopic (exact) mass is 227 g/mol. The molecule has 0 bridgehead atoms. The van der Waals surface area contributed by atoms with E-state index in [4.69, 9.17) is 5.73 Å². The maximum Gasteiger partial charge on any atom is 0.0223 e. The zero-order chi connectivity index (χ0) is 12.2. The van der Waals surface area contributed by atoms with Gasteiger partial charge >= 0.3 is 0 Å². The highest BCUT2D eigenvalue weighted by Gasteiger charge is 2.26. The molecule has 1 heterocycles. The second-order valence-electron chi connectivity index (χ2n) is 6.21. The topological polar surface area (TPSA) is 32.5 Å². The minimum Gasteiger partial charge on any atom is -0.330 e. The average Bonchev–Trinajstić information content (AvgIpc) is 2.62. The molecule has 0 aromatic heterocycles. The third-order valence-electron chi connectivity index (χ3n) is 3.70. The van der Waals surface area contributed by atoms with Gasteiger partial charge in [-0.2, -0.15) is 0 Å². The van der Waals surface area contributed by atoms with Crippen molar-refractivity contribution in [3.05, 3.63) is 0 Å². The Labute approximate surface area is 101 Å². The summed E-state index contributed by atoms with van der Waals surface area (Å²) in [5.41, 5.74) is 6.08. The fraction of sp³-hybridized carbons (Fsp3) is 1.00. The lowest BCUT2D eigenvalue weighted by molar-refractivity contribution is 0.180. The van der Waals surface area contributed by atoms with Gasteiger partial charge < -0.3 is 10.6 Å². The van der Waals surface area contributed by atoms with Crippen LogP contribution in [0.15, 0.2) is 0 Å². The minimum absolute atomic E-state index is 0.297. The van der Waals surface area contributed by atoms with Crippen molar-refractivity contribution in [3.63, 3.8) is 0 Å². The van der Waals surface area contributed by atoms with E-state index in [0.29, 0.717) is 5.41 Å². The van der Waals surface area contributed by atoms with Gasteiger partial charge in [0.15, 0.2) is 0 Å². The number of rotatable bonds is 6. The zero-order valence-corrected chi connectivity index (χ0v) is 11.5. The van der Waals surface area contributed by atoms with Crippen molar-refractivity contribution in [2.75, 3.05) is 40.3 Å². The van der Waals surface area contributed by atoms with Gasteiger partial charge in [-0.25, -0.2) is 0 Å². The van der Waals surface area contributed by atoms with Crippen LogP contribution in [0.1, 0.15) is 33.1 Å². The Hall–Kier alpha value is -0.120. The molecular weight excluding hydrogens is 198 g/mol. The standard InChI is InChI=1S/C13H29N3/c1-13(2,11-14)7-9-16-8-5-6-12(16)10-15(3)4/h12H,5-11,14H2,1-4H3. The Morgan fingerprint density at radius 2 is 2.06 bits per heavy atom. The van der Waals surface area contributed by atoms with Gasteiger partial charge in [0.05, 0.1) is 0 Å². The Balaban J connectivity index is 2.35. The zero-order valence-electron chi connectivity index (χ0n) is 11.5. The number of likely N-dealkylation sites (N-methyl/N-ethyl adjacent to an activating group) is 1. The van der Waals surface area contributed by atoms with Crippen molar-refractivity contribution in [2.24, 2.45) is 11.1 Å². The second kappa shape index (κ2) is 5.99. The molecule has 3 heteroatoms. The maximum absolute atomic E-state index is 5.78. The third-order valence-corrected chi connectivity index (χ3v) is 3.70. The molecule has 1 aliphatic heterocycles. The summed E-state index contributed by atoms with van der Waals surface area (Å²) < 4.78 is 0. The molecule has 1 rings (SSSR count). The summed E-state index contributed by atoms with van der Waals surface area (Å²) in [5.74, 6) is 0. The molecule has 0 aromatic carbocycles. The second-order valence-corrected chi connectivity index (χ2v) is 6.21. The van der Waals surface area contributed by atoms with Crippen LogP contribution in [-0.2, 0) is 0 Å². The quantitative estimate of drug-likeness (QED) is 0.744. The van der Waals surface area contributed by atoms with Gasteiger partial charge in [0.2, 0.25) is 0 Å². The van der Waals surface area contributed by atoms with E-state index < -0.39 is 0 Å². The van der Waals surface area contributed by atoms with Crippen LogP contribution in [0.25, 0.3) is 0 Å². The first-order valence-electron chi connectivity index (χ1n) is 6.53. The molecule has 2 N–H and O–H groups in total. The molecule has 0 saturated carbocycles.